The van der Waals surface area contributed by atoms with Crippen LogP contribution in [0.5, 0.6) is 0 Å². The van der Waals surface area contributed by atoms with E-state index < -0.39 is 18.3 Å². The minimum atomic E-state index is -0.943. The first-order valence-corrected chi connectivity index (χ1v) is 7.27. The van der Waals surface area contributed by atoms with Crippen molar-refractivity contribution in [1.82, 2.24) is 0 Å². The van der Waals surface area contributed by atoms with E-state index in [1.807, 2.05) is 30.3 Å². The molecule has 0 spiro atoms. The molecular weight excluding hydrogens is 268 g/mol. The molecule has 4 heteroatoms. The first kappa shape index (κ1) is 17.7. The number of rotatable bonds is 8. The molecule has 0 amide bonds. The molecule has 0 aromatic heterocycles. The van der Waals surface area contributed by atoms with E-state index in [1.54, 1.807) is 6.92 Å². The third-order valence-corrected chi connectivity index (χ3v) is 3.00. The Morgan fingerprint density at radius 1 is 1.10 bits per heavy atom. The molecule has 0 aliphatic heterocycles. The summed E-state index contributed by atoms with van der Waals surface area (Å²) in [7, 11) is 0. The molecule has 3 N–H and O–H groups in total. The largest absolute Gasteiger partial charge is 0.396 e. The van der Waals surface area contributed by atoms with Gasteiger partial charge in [0.15, 0.2) is 0 Å². The zero-order valence-electron chi connectivity index (χ0n) is 12.4. The van der Waals surface area contributed by atoms with Crippen molar-refractivity contribution < 1.29 is 20.1 Å². The fourth-order valence-electron chi connectivity index (χ4n) is 1.87. The number of hydrogen-bond acceptors (Lipinski definition) is 4. The average Bonchev–Trinajstić information content (AvgIpc) is 2.49. The predicted octanol–water partition coefficient (Wildman–Crippen LogP) is 1.48. The van der Waals surface area contributed by atoms with Crippen molar-refractivity contribution in [1.29, 1.82) is 0 Å². The molecule has 0 saturated heterocycles. The summed E-state index contributed by atoms with van der Waals surface area (Å²) in [5.74, 6) is 5.15. The molecule has 0 aliphatic rings. The maximum absolute atomic E-state index is 10.1. The van der Waals surface area contributed by atoms with Crippen LogP contribution in [0.1, 0.15) is 31.7 Å². The molecule has 116 valence electrons. The Labute approximate surface area is 126 Å². The molecular formula is C17H24O4. The van der Waals surface area contributed by atoms with Crippen molar-refractivity contribution in [2.45, 2.75) is 51.1 Å². The molecule has 1 aromatic carbocycles. The number of aliphatic hydroxyl groups excluding tert-OH is 3. The monoisotopic (exact) mass is 292 g/mol. The second-order valence-corrected chi connectivity index (χ2v) is 4.96. The zero-order valence-corrected chi connectivity index (χ0v) is 12.4. The lowest BCUT2D eigenvalue weighted by Gasteiger charge is -2.20. The van der Waals surface area contributed by atoms with Gasteiger partial charge >= 0.3 is 0 Å². The number of hydrogen-bond donors (Lipinski definition) is 3. The van der Waals surface area contributed by atoms with Gasteiger partial charge in [0.25, 0.3) is 0 Å². The quantitative estimate of drug-likeness (QED) is 0.501. The summed E-state index contributed by atoms with van der Waals surface area (Å²) >= 11 is 0. The number of ether oxygens (including phenoxy) is 1. The van der Waals surface area contributed by atoms with Gasteiger partial charge in [0.2, 0.25) is 0 Å². The van der Waals surface area contributed by atoms with E-state index in [0.717, 1.165) is 12.0 Å². The van der Waals surface area contributed by atoms with Gasteiger partial charge in [-0.25, -0.2) is 0 Å². The van der Waals surface area contributed by atoms with Gasteiger partial charge < -0.3 is 20.1 Å². The molecule has 0 aliphatic carbocycles. The third kappa shape index (κ3) is 7.84. The van der Waals surface area contributed by atoms with Crippen LogP contribution in [0, 0.1) is 11.8 Å². The van der Waals surface area contributed by atoms with Crippen LogP contribution < -0.4 is 0 Å². The summed E-state index contributed by atoms with van der Waals surface area (Å²) in [5, 5.41) is 28.0. The summed E-state index contributed by atoms with van der Waals surface area (Å²) in [6.45, 7) is 2.07. The second kappa shape index (κ2) is 10.4. The van der Waals surface area contributed by atoms with E-state index in [2.05, 4.69) is 11.8 Å². The SMILES string of the molecule is CC(O)C#CC(O)C(CCCCO)OCc1ccccc1. The molecule has 21 heavy (non-hydrogen) atoms. The highest BCUT2D eigenvalue weighted by atomic mass is 16.5. The normalized spacial score (nSPS) is 14.9. The Morgan fingerprint density at radius 2 is 1.81 bits per heavy atom. The molecule has 1 aromatic rings. The molecule has 3 atom stereocenters. The van der Waals surface area contributed by atoms with Gasteiger partial charge in [-0.05, 0) is 31.7 Å². The Bertz CT molecular complexity index is 433. The van der Waals surface area contributed by atoms with Gasteiger partial charge in [-0.1, -0.05) is 42.2 Å². The minimum absolute atomic E-state index is 0.126. The second-order valence-electron chi connectivity index (χ2n) is 4.96. The van der Waals surface area contributed by atoms with E-state index in [1.165, 1.54) is 0 Å². The zero-order chi connectivity index (χ0) is 15.5. The van der Waals surface area contributed by atoms with Crippen LogP contribution in [-0.4, -0.2) is 40.2 Å². The maximum atomic E-state index is 10.1. The van der Waals surface area contributed by atoms with Crippen molar-refractivity contribution in [3.8, 4) is 11.8 Å². The lowest BCUT2D eigenvalue weighted by molar-refractivity contribution is -0.0291. The minimum Gasteiger partial charge on any atom is -0.396 e. The highest BCUT2D eigenvalue weighted by Gasteiger charge is 2.17. The van der Waals surface area contributed by atoms with E-state index in [0.29, 0.717) is 19.4 Å². The molecule has 0 saturated carbocycles. The van der Waals surface area contributed by atoms with Crippen molar-refractivity contribution in [3.05, 3.63) is 35.9 Å². The lowest BCUT2D eigenvalue weighted by atomic mass is 10.1. The van der Waals surface area contributed by atoms with Gasteiger partial charge in [-0.2, -0.15) is 0 Å². The van der Waals surface area contributed by atoms with Crippen LogP contribution in [0.2, 0.25) is 0 Å². The van der Waals surface area contributed by atoms with Gasteiger partial charge in [0, 0.05) is 6.61 Å². The Kier molecular flexibility index (Phi) is 8.72. The Morgan fingerprint density at radius 3 is 2.43 bits per heavy atom. The third-order valence-electron chi connectivity index (χ3n) is 3.00. The lowest BCUT2D eigenvalue weighted by Crippen LogP contribution is -2.28. The number of benzene rings is 1. The summed E-state index contributed by atoms with van der Waals surface area (Å²) < 4.78 is 5.75. The average molecular weight is 292 g/mol. The highest BCUT2D eigenvalue weighted by Crippen LogP contribution is 2.12. The smallest absolute Gasteiger partial charge is 0.140 e. The summed E-state index contributed by atoms with van der Waals surface area (Å²) in [5.41, 5.74) is 1.03. The molecule has 0 bridgehead atoms. The van der Waals surface area contributed by atoms with E-state index in [9.17, 15) is 5.11 Å². The number of aliphatic hydroxyl groups is 3. The molecule has 4 nitrogen and oxygen atoms in total. The van der Waals surface area contributed by atoms with Crippen LogP contribution in [-0.2, 0) is 11.3 Å². The van der Waals surface area contributed by atoms with Crippen LogP contribution in [0.4, 0.5) is 0 Å². The molecule has 3 unspecified atom stereocenters. The fourth-order valence-corrected chi connectivity index (χ4v) is 1.87. The van der Waals surface area contributed by atoms with Crippen molar-refractivity contribution in [3.63, 3.8) is 0 Å². The number of unbranched alkanes of at least 4 members (excludes halogenated alkanes) is 1. The van der Waals surface area contributed by atoms with Crippen LogP contribution in [0.25, 0.3) is 0 Å². The molecule has 0 heterocycles. The van der Waals surface area contributed by atoms with Crippen molar-refractivity contribution >= 4 is 0 Å². The highest BCUT2D eigenvalue weighted by molar-refractivity contribution is 5.14. The standard InChI is InChI=1S/C17H24O4/c1-14(19)10-11-16(20)17(9-5-6-12-18)21-13-15-7-3-2-4-8-15/h2-4,7-8,14,16-20H,5-6,9,12-13H2,1H3. The van der Waals surface area contributed by atoms with Crippen molar-refractivity contribution in [2.24, 2.45) is 0 Å². The maximum Gasteiger partial charge on any atom is 0.140 e. The van der Waals surface area contributed by atoms with Gasteiger partial charge in [-0.3, -0.25) is 0 Å². The fraction of sp³-hybridized carbons (Fsp3) is 0.529. The van der Waals surface area contributed by atoms with Gasteiger partial charge in [0.1, 0.15) is 12.2 Å². The predicted molar refractivity (Wildman–Crippen MR) is 81.4 cm³/mol. The first-order chi connectivity index (χ1) is 10.1. The Hall–Kier alpha value is -1.38. The van der Waals surface area contributed by atoms with Gasteiger partial charge in [0.05, 0.1) is 12.7 Å². The van der Waals surface area contributed by atoms with Crippen LogP contribution >= 0.6 is 0 Å². The van der Waals surface area contributed by atoms with E-state index in [-0.39, 0.29) is 6.61 Å². The van der Waals surface area contributed by atoms with E-state index >= 15 is 0 Å². The summed E-state index contributed by atoms with van der Waals surface area (Å²) in [6, 6.07) is 9.72. The summed E-state index contributed by atoms with van der Waals surface area (Å²) in [4.78, 5) is 0. The Balaban J connectivity index is 2.57. The first-order valence-electron chi connectivity index (χ1n) is 7.27. The molecule has 0 radical (unpaired) electrons. The molecule has 0 fully saturated rings. The topological polar surface area (TPSA) is 69.9 Å². The van der Waals surface area contributed by atoms with Crippen LogP contribution in [0.3, 0.4) is 0 Å². The van der Waals surface area contributed by atoms with Gasteiger partial charge in [-0.15, -0.1) is 0 Å². The molecule has 1 rings (SSSR count). The van der Waals surface area contributed by atoms with Crippen molar-refractivity contribution in [2.75, 3.05) is 6.61 Å². The summed E-state index contributed by atoms with van der Waals surface area (Å²) in [6.07, 6.45) is -0.106. The van der Waals surface area contributed by atoms with E-state index in [4.69, 9.17) is 14.9 Å². The van der Waals surface area contributed by atoms with Crippen LogP contribution in [0.15, 0.2) is 30.3 Å².